The first-order valence-electron chi connectivity index (χ1n) is 5.51. The largest absolute Gasteiger partial charge is 0.409 e. The van der Waals surface area contributed by atoms with Crippen LogP contribution in [0.15, 0.2) is 5.16 Å². The third kappa shape index (κ3) is 8.20. The Morgan fingerprint density at radius 1 is 1.33 bits per heavy atom. The lowest BCUT2D eigenvalue weighted by Gasteiger charge is -2.10. The summed E-state index contributed by atoms with van der Waals surface area (Å²) in [5.74, 6) is 0.329. The van der Waals surface area contributed by atoms with Crippen LogP contribution < -0.4 is 11.1 Å². The molecular formula is C10H23N3O2. The van der Waals surface area contributed by atoms with Crippen molar-refractivity contribution < 1.29 is 10.3 Å². The molecule has 0 aliphatic rings. The van der Waals surface area contributed by atoms with Crippen LogP contribution in [0.25, 0.3) is 0 Å². The zero-order valence-corrected chi connectivity index (χ0v) is 9.45. The molecule has 0 saturated carbocycles. The van der Waals surface area contributed by atoms with E-state index in [0.717, 1.165) is 38.8 Å². The van der Waals surface area contributed by atoms with E-state index in [1.165, 1.54) is 0 Å². The molecule has 90 valence electrons. The first-order chi connectivity index (χ1) is 7.22. The van der Waals surface area contributed by atoms with Crippen molar-refractivity contribution in [3.63, 3.8) is 0 Å². The van der Waals surface area contributed by atoms with Gasteiger partial charge < -0.3 is 21.4 Å². The van der Waals surface area contributed by atoms with Crippen LogP contribution in [-0.4, -0.2) is 35.8 Å². The highest BCUT2D eigenvalue weighted by molar-refractivity contribution is 5.82. The van der Waals surface area contributed by atoms with Crippen molar-refractivity contribution in [2.24, 2.45) is 16.8 Å². The molecule has 0 spiro atoms. The van der Waals surface area contributed by atoms with Gasteiger partial charge in [0.05, 0.1) is 0 Å². The van der Waals surface area contributed by atoms with Crippen molar-refractivity contribution in [2.75, 3.05) is 19.7 Å². The van der Waals surface area contributed by atoms with Gasteiger partial charge in [-0.25, -0.2) is 0 Å². The molecule has 1 atom stereocenters. The average Bonchev–Trinajstić information content (AvgIpc) is 2.26. The van der Waals surface area contributed by atoms with Gasteiger partial charge in [-0.05, 0) is 19.4 Å². The molecule has 0 aromatic rings. The fourth-order valence-electron chi connectivity index (χ4n) is 1.24. The molecule has 5 N–H and O–H groups in total. The predicted octanol–water partition coefficient (Wildman–Crippen LogP) is 0.511. The van der Waals surface area contributed by atoms with Crippen LogP contribution in [0.5, 0.6) is 0 Å². The van der Waals surface area contributed by atoms with Gasteiger partial charge in [-0.3, -0.25) is 0 Å². The van der Waals surface area contributed by atoms with Crippen LogP contribution in [-0.2, 0) is 0 Å². The van der Waals surface area contributed by atoms with Gasteiger partial charge in [-0.2, -0.15) is 0 Å². The van der Waals surface area contributed by atoms with E-state index in [2.05, 4.69) is 10.5 Å². The molecular weight excluding hydrogens is 194 g/mol. The lowest BCUT2D eigenvalue weighted by atomic mass is 10.1. The molecule has 5 heteroatoms. The molecule has 1 unspecified atom stereocenters. The second-order valence-corrected chi connectivity index (χ2v) is 3.77. The van der Waals surface area contributed by atoms with E-state index < -0.39 is 0 Å². The number of unbranched alkanes of at least 4 members (excludes halogenated alkanes) is 3. The van der Waals surface area contributed by atoms with Gasteiger partial charge in [0.1, 0.15) is 5.84 Å². The zero-order chi connectivity index (χ0) is 11.5. The van der Waals surface area contributed by atoms with E-state index in [4.69, 9.17) is 16.0 Å². The summed E-state index contributed by atoms with van der Waals surface area (Å²) in [5, 5.41) is 23.2. The molecule has 0 saturated heterocycles. The number of aliphatic hydroxyl groups excluding tert-OH is 1. The van der Waals surface area contributed by atoms with E-state index in [-0.39, 0.29) is 18.4 Å². The fraction of sp³-hybridized carbons (Fsp3) is 0.900. The van der Waals surface area contributed by atoms with Crippen LogP contribution in [0.2, 0.25) is 0 Å². The summed E-state index contributed by atoms with van der Waals surface area (Å²) in [7, 11) is 0. The van der Waals surface area contributed by atoms with Crippen LogP contribution in [0.3, 0.4) is 0 Å². The highest BCUT2D eigenvalue weighted by atomic mass is 16.4. The lowest BCUT2D eigenvalue weighted by Crippen LogP contribution is -2.31. The maximum absolute atomic E-state index is 8.56. The summed E-state index contributed by atoms with van der Waals surface area (Å²) in [5.41, 5.74) is 5.43. The maximum Gasteiger partial charge on any atom is 0.143 e. The second-order valence-electron chi connectivity index (χ2n) is 3.77. The molecule has 0 rings (SSSR count). The number of nitrogens with one attached hydrogen (secondary N) is 1. The minimum atomic E-state index is 0.0624. The van der Waals surface area contributed by atoms with Gasteiger partial charge in [-0.15, -0.1) is 0 Å². The Kier molecular flexibility index (Phi) is 9.21. The fourth-order valence-corrected chi connectivity index (χ4v) is 1.24. The number of rotatable bonds is 9. The smallest absolute Gasteiger partial charge is 0.143 e. The Morgan fingerprint density at radius 2 is 2.00 bits per heavy atom. The second kappa shape index (κ2) is 9.73. The molecule has 0 radical (unpaired) electrons. The Bertz CT molecular complexity index is 174. The summed E-state index contributed by atoms with van der Waals surface area (Å²) in [4.78, 5) is 0. The number of nitrogens with zero attached hydrogens (tertiary/aromatic N) is 1. The predicted molar refractivity (Wildman–Crippen MR) is 61.0 cm³/mol. The molecule has 0 aliphatic carbocycles. The first kappa shape index (κ1) is 14.2. The van der Waals surface area contributed by atoms with Crippen molar-refractivity contribution in [3.8, 4) is 0 Å². The molecule has 15 heavy (non-hydrogen) atoms. The van der Waals surface area contributed by atoms with Crippen LogP contribution in [0.4, 0.5) is 0 Å². The lowest BCUT2D eigenvalue weighted by molar-refractivity contribution is 0.282. The maximum atomic E-state index is 8.56. The number of amidine groups is 1. The molecule has 5 nitrogen and oxygen atoms in total. The Balaban J connectivity index is 3.24. The van der Waals surface area contributed by atoms with Crippen molar-refractivity contribution in [2.45, 2.75) is 32.6 Å². The van der Waals surface area contributed by atoms with Crippen LogP contribution in [0.1, 0.15) is 32.6 Å². The van der Waals surface area contributed by atoms with Crippen LogP contribution >= 0.6 is 0 Å². The number of nitrogens with two attached hydrogens (primary N) is 1. The number of hydrogen-bond acceptors (Lipinski definition) is 4. The van der Waals surface area contributed by atoms with Crippen molar-refractivity contribution >= 4 is 5.84 Å². The molecule has 0 amide bonds. The SMILES string of the molecule is CC(CNCCCCCCO)C(N)=NO. The van der Waals surface area contributed by atoms with E-state index in [0.29, 0.717) is 0 Å². The van der Waals surface area contributed by atoms with E-state index in [1.54, 1.807) is 0 Å². The molecule has 0 heterocycles. The third-order valence-corrected chi connectivity index (χ3v) is 2.33. The molecule has 0 aromatic heterocycles. The minimum Gasteiger partial charge on any atom is -0.409 e. The quantitative estimate of drug-likeness (QED) is 0.149. The van der Waals surface area contributed by atoms with Gasteiger partial charge in [0, 0.05) is 19.1 Å². The van der Waals surface area contributed by atoms with Gasteiger partial charge in [0.15, 0.2) is 0 Å². The van der Waals surface area contributed by atoms with Gasteiger partial charge in [0.25, 0.3) is 0 Å². The standard InChI is InChI=1S/C10H23N3O2/c1-9(10(11)13-15)8-12-6-4-2-3-5-7-14/h9,12,14-15H,2-8H2,1H3,(H2,11,13). The first-order valence-corrected chi connectivity index (χ1v) is 5.51. The topological polar surface area (TPSA) is 90.9 Å². The molecule has 0 aromatic carbocycles. The number of aliphatic hydroxyl groups is 1. The average molecular weight is 217 g/mol. The summed E-state index contributed by atoms with van der Waals surface area (Å²) >= 11 is 0. The van der Waals surface area contributed by atoms with Crippen molar-refractivity contribution in [1.29, 1.82) is 0 Å². The highest BCUT2D eigenvalue weighted by Gasteiger charge is 2.05. The summed E-state index contributed by atoms with van der Waals surface area (Å²) < 4.78 is 0. The highest BCUT2D eigenvalue weighted by Crippen LogP contribution is 1.98. The Hall–Kier alpha value is -0.810. The molecule has 0 bridgehead atoms. The Morgan fingerprint density at radius 3 is 2.60 bits per heavy atom. The summed E-state index contributed by atoms with van der Waals surface area (Å²) in [6.45, 7) is 3.87. The van der Waals surface area contributed by atoms with Crippen molar-refractivity contribution in [3.05, 3.63) is 0 Å². The number of hydrogen-bond donors (Lipinski definition) is 4. The van der Waals surface area contributed by atoms with Crippen molar-refractivity contribution in [1.82, 2.24) is 5.32 Å². The Labute approximate surface area is 91.4 Å². The normalized spacial score (nSPS) is 14.1. The monoisotopic (exact) mass is 217 g/mol. The third-order valence-electron chi connectivity index (χ3n) is 2.33. The van der Waals surface area contributed by atoms with E-state index >= 15 is 0 Å². The van der Waals surface area contributed by atoms with Gasteiger partial charge >= 0.3 is 0 Å². The van der Waals surface area contributed by atoms with Crippen LogP contribution in [0, 0.1) is 5.92 Å². The summed E-state index contributed by atoms with van der Waals surface area (Å²) in [6.07, 6.45) is 4.20. The van der Waals surface area contributed by atoms with E-state index in [1.807, 2.05) is 6.92 Å². The minimum absolute atomic E-state index is 0.0624. The van der Waals surface area contributed by atoms with Gasteiger partial charge in [0.2, 0.25) is 0 Å². The molecule has 0 fully saturated rings. The van der Waals surface area contributed by atoms with E-state index in [9.17, 15) is 0 Å². The molecule has 0 aliphatic heterocycles. The zero-order valence-electron chi connectivity index (χ0n) is 9.45. The van der Waals surface area contributed by atoms with Gasteiger partial charge in [-0.1, -0.05) is 24.9 Å². The number of oxime groups is 1. The summed E-state index contributed by atoms with van der Waals surface area (Å²) in [6, 6.07) is 0.